The maximum atomic E-state index is 5.68. The van der Waals surface area contributed by atoms with Gasteiger partial charge in [-0.15, -0.1) is 0 Å². The summed E-state index contributed by atoms with van der Waals surface area (Å²) < 4.78 is 10.8. The highest BCUT2D eigenvalue weighted by Crippen LogP contribution is 2.31. The van der Waals surface area contributed by atoms with Gasteiger partial charge in [-0.05, 0) is 13.1 Å². The molecule has 0 amide bonds. The molecular weight excluding hydrogens is 226 g/mol. The van der Waals surface area contributed by atoms with Crippen molar-refractivity contribution in [2.45, 2.75) is 6.54 Å². The summed E-state index contributed by atoms with van der Waals surface area (Å²) in [5.74, 6) is 1.41. The Labute approximate surface area is 101 Å². The lowest BCUT2D eigenvalue weighted by molar-refractivity contribution is 0.320. The molecule has 1 aromatic carbocycles. The predicted molar refractivity (Wildman–Crippen MR) is 66.2 cm³/mol. The molecule has 4 heteroatoms. The Balaban J connectivity index is 2.94. The van der Waals surface area contributed by atoms with Crippen LogP contribution >= 0.6 is 11.6 Å². The molecule has 16 heavy (non-hydrogen) atoms. The third-order valence-electron chi connectivity index (χ3n) is 2.02. The fourth-order valence-corrected chi connectivity index (χ4v) is 1.42. The Hall–Kier alpha value is -1.19. The lowest BCUT2D eigenvalue weighted by Crippen LogP contribution is -2.09. The van der Waals surface area contributed by atoms with Gasteiger partial charge in [-0.1, -0.05) is 30.3 Å². The summed E-state index contributed by atoms with van der Waals surface area (Å²) in [6.45, 7) is 4.57. The molecule has 0 bridgehead atoms. The van der Waals surface area contributed by atoms with Crippen LogP contribution in [0.5, 0.6) is 11.5 Å². The van der Waals surface area contributed by atoms with Crippen LogP contribution < -0.4 is 14.8 Å². The number of rotatable bonds is 6. The van der Waals surface area contributed by atoms with E-state index in [0.717, 1.165) is 5.56 Å². The highest BCUT2D eigenvalue weighted by Gasteiger charge is 2.09. The smallest absolute Gasteiger partial charge is 0.166 e. The van der Waals surface area contributed by atoms with Crippen LogP contribution in [0.3, 0.4) is 0 Å². The maximum absolute atomic E-state index is 5.68. The fourth-order valence-electron chi connectivity index (χ4n) is 1.37. The molecule has 88 valence electrons. The molecule has 1 N–H and O–H groups in total. The molecule has 0 atom stereocenters. The van der Waals surface area contributed by atoms with Crippen LogP contribution in [0.25, 0.3) is 0 Å². The number of benzene rings is 1. The van der Waals surface area contributed by atoms with Crippen molar-refractivity contribution in [1.82, 2.24) is 5.32 Å². The van der Waals surface area contributed by atoms with Crippen LogP contribution in [-0.2, 0) is 6.54 Å². The van der Waals surface area contributed by atoms with Crippen LogP contribution in [0.2, 0.25) is 0 Å². The minimum absolute atomic E-state index is 0.276. The summed E-state index contributed by atoms with van der Waals surface area (Å²) in [6, 6.07) is 5.75. The van der Waals surface area contributed by atoms with E-state index in [1.807, 2.05) is 25.2 Å². The number of nitrogens with one attached hydrogen (secondary N) is 1. The normalized spacial score (nSPS) is 9.94. The molecule has 0 aliphatic rings. The monoisotopic (exact) mass is 241 g/mol. The molecule has 1 aromatic rings. The summed E-state index contributed by atoms with van der Waals surface area (Å²) in [7, 11) is 3.49. The molecule has 1 rings (SSSR count). The molecule has 0 saturated carbocycles. The van der Waals surface area contributed by atoms with Gasteiger partial charge >= 0.3 is 0 Å². The zero-order valence-corrected chi connectivity index (χ0v) is 10.3. The van der Waals surface area contributed by atoms with Gasteiger partial charge in [0.05, 0.1) is 7.11 Å². The zero-order valence-electron chi connectivity index (χ0n) is 9.55. The minimum Gasteiger partial charge on any atom is -0.493 e. The van der Waals surface area contributed by atoms with E-state index in [1.54, 1.807) is 7.11 Å². The van der Waals surface area contributed by atoms with Crippen molar-refractivity contribution in [3.63, 3.8) is 0 Å². The molecule has 0 aromatic heterocycles. The maximum Gasteiger partial charge on any atom is 0.166 e. The van der Waals surface area contributed by atoms with E-state index >= 15 is 0 Å². The van der Waals surface area contributed by atoms with Gasteiger partial charge in [0, 0.05) is 17.1 Å². The molecule has 0 unspecified atom stereocenters. The standard InChI is InChI=1S/C12H16ClNO2/c1-9(13)8-16-12-10(7-14-2)5-4-6-11(12)15-3/h4-6,14H,1,7-8H2,2-3H3. The van der Waals surface area contributed by atoms with Gasteiger partial charge in [-0.25, -0.2) is 0 Å². The quantitative estimate of drug-likeness (QED) is 0.830. The Kier molecular flexibility index (Phi) is 5.15. The summed E-state index contributed by atoms with van der Waals surface area (Å²) in [6.07, 6.45) is 0. The van der Waals surface area contributed by atoms with Gasteiger partial charge < -0.3 is 14.8 Å². The van der Waals surface area contributed by atoms with E-state index in [0.29, 0.717) is 23.1 Å². The second kappa shape index (κ2) is 6.40. The minimum atomic E-state index is 0.276. The van der Waals surface area contributed by atoms with Gasteiger partial charge in [0.25, 0.3) is 0 Å². The van der Waals surface area contributed by atoms with Crippen molar-refractivity contribution >= 4 is 11.6 Å². The zero-order chi connectivity index (χ0) is 12.0. The molecule has 0 aliphatic heterocycles. The molecule has 0 fully saturated rings. The van der Waals surface area contributed by atoms with E-state index < -0.39 is 0 Å². The number of halogens is 1. The van der Waals surface area contributed by atoms with Crippen molar-refractivity contribution < 1.29 is 9.47 Å². The average Bonchev–Trinajstić information content (AvgIpc) is 2.27. The molecule has 0 radical (unpaired) electrons. The molecular formula is C12H16ClNO2. The van der Waals surface area contributed by atoms with E-state index in [1.165, 1.54) is 0 Å². The third-order valence-corrected chi connectivity index (χ3v) is 2.13. The highest BCUT2D eigenvalue weighted by molar-refractivity contribution is 6.29. The number of para-hydroxylation sites is 1. The van der Waals surface area contributed by atoms with Crippen LogP contribution in [0.15, 0.2) is 29.8 Å². The van der Waals surface area contributed by atoms with E-state index in [9.17, 15) is 0 Å². The number of methoxy groups -OCH3 is 1. The van der Waals surface area contributed by atoms with Crippen molar-refractivity contribution in [2.24, 2.45) is 0 Å². The number of hydrogen-bond acceptors (Lipinski definition) is 3. The second-order valence-electron chi connectivity index (χ2n) is 3.28. The van der Waals surface area contributed by atoms with Gasteiger partial charge in [-0.2, -0.15) is 0 Å². The lowest BCUT2D eigenvalue weighted by atomic mass is 10.2. The SMILES string of the molecule is C=C(Cl)COc1c(CNC)cccc1OC. The summed E-state index contributed by atoms with van der Waals surface area (Å²) >= 11 is 5.68. The van der Waals surface area contributed by atoms with E-state index in [4.69, 9.17) is 21.1 Å². The van der Waals surface area contributed by atoms with Crippen LogP contribution in [0.4, 0.5) is 0 Å². The van der Waals surface area contributed by atoms with Crippen molar-refractivity contribution in [3.05, 3.63) is 35.4 Å². The Morgan fingerprint density at radius 1 is 1.50 bits per heavy atom. The van der Waals surface area contributed by atoms with E-state index in [2.05, 4.69) is 11.9 Å². The average molecular weight is 242 g/mol. The Morgan fingerprint density at radius 3 is 2.81 bits per heavy atom. The molecule has 0 heterocycles. The van der Waals surface area contributed by atoms with Gasteiger partial charge in [0.2, 0.25) is 0 Å². The first-order valence-electron chi connectivity index (χ1n) is 4.95. The topological polar surface area (TPSA) is 30.5 Å². The Bertz CT molecular complexity index is 366. The van der Waals surface area contributed by atoms with Gasteiger partial charge in [0.15, 0.2) is 11.5 Å². The second-order valence-corrected chi connectivity index (χ2v) is 3.82. The molecule has 0 spiro atoms. The number of ether oxygens (including phenoxy) is 2. The van der Waals surface area contributed by atoms with E-state index in [-0.39, 0.29) is 6.61 Å². The van der Waals surface area contributed by atoms with Gasteiger partial charge in [0.1, 0.15) is 6.61 Å². The molecule has 0 aliphatic carbocycles. The fraction of sp³-hybridized carbons (Fsp3) is 0.333. The predicted octanol–water partition coefficient (Wildman–Crippen LogP) is 2.55. The first-order chi connectivity index (χ1) is 7.69. The third kappa shape index (κ3) is 3.43. The molecule has 0 saturated heterocycles. The van der Waals surface area contributed by atoms with Crippen molar-refractivity contribution in [2.75, 3.05) is 20.8 Å². The Morgan fingerprint density at radius 2 is 2.25 bits per heavy atom. The largest absolute Gasteiger partial charge is 0.493 e. The summed E-state index contributed by atoms with van der Waals surface area (Å²) in [5, 5.41) is 3.53. The summed E-state index contributed by atoms with van der Waals surface area (Å²) in [5.41, 5.74) is 1.03. The highest BCUT2D eigenvalue weighted by atomic mass is 35.5. The van der Waals surface area contributed by atoms with Crippen LogP contribution in [0.1, 0.15) is 5.56 Å². The van der Waals surface area contributed by atoms with Crippen molar-refractivity contribution in [3.8, 4) is 11.5 Å². The van der Waals surface area contributed by atoms with Crippen molar-refractivity contribution in [1.29, 1.82) is 0 Å². The first-order valence-corrected chi connectivity index (χ1v) is 5.33. The number of hydrogen-bond donors (Lipinski definition) is 1. The van der Waals surface area contributed by atoms with Crippen LogP contribution in [-0.4, -0.2) is 20.8 Å². The first kappa shape index (κ1) is 12.9. The van der Waals surface area contributed by atoms with Crippen LogP contribution in [0, 0.1) is 0 Å². The summed E-state index contributed by atoms with van der Waals surface area (Å²) in [4.78, 5) is 0. The molecule has 3 nitrogen and oxygen atoms in total. The lowest BCUT2D eigenvalue weighted by Gasteiger charge is -2.14. The van der Waals surface area contributed by atoms with Gasteiger partial charge in [-0.3, -0.25) is 0 Å².